The first-order chi connectivity index (χ1) is 7.94. The summed E-state index contributed by atoms with van der Waals surface area (Å²) in [6.07, 6.45) is 0.757. The van der Waals surface area contributed by atoms with Gasteiger partial charge in [-0.3, -0.25) is 4.68 Å². The monoisotopic (exact) mass is 260 g/mol. The molecule has 0 unspecified atom stereocenters. The lowest BCUT2D eigenvalue weighted by Crippen LogP contribution is -2.44. The van der Waals surface area contributed by atoms with E-state index in [4.69, 9.17) is 0 Å². The van der Waals surface area contributed by atoms with Crippen LogP contribution in [0.5, 0.6) is 0 Å². The van der Waals surface area contributed by atoms with E-state index in [0.717, 1.165) is 0 Å². The molecule has 1 aromatic heterocycles. The second kappa shape index (κ2) is 4.37. The summed E-state index contributed by atoms with van der Waals surface area (Å²) in [4.78, 5) is 0. The maximum atomic E-state index is 12.3. The van der Waals surface area contributed by atoms with E-state index < -0.39 is 22.2 Å². The fourth-order valence-electron chi connectivity index (χ4n) is 1.96. The number of rotatable bonds is 3. The first-order valence-corrected chi connectivity index (χ1v) is 6.73. The molecule has 0 amide bonds. The van der Waals surface area contributed by atoms with Gasteiger partial charge in [0.25, 0.3) is 10.0 Å². The van der Waals surface area contributed by atoms with Gasteiger partial charge in [-0.05, 0) is 6.07 Å². The number of nitrogens with zero attached hydrogens (tertiary/aromatic N) is 3. The Morgan fingerprint density at radius 1 is 1.59 bits per heavy atom. The largest absolute Gasteiger partial charge is 0.390 e. The molecule has 0 radical (unpaired) electrons. The van der Waals surface area contributed by atoms with Gasteiger partial charge in [0.15, 0.2) is 5.03 Å². The van der Waals surface area contributed by atoms with Gasteiger partial charge in [-0.1, -0.05) is 0 Å². The predicted molar refractivity (Wildman–Crippen MR) is 60.8 cm³/mol. The third-order valence-electron chi connectivity index (χ3n) is 3.04. The normalized spacial score (nSPS) is 25.6. The highest BCUT2D eigenvalue weighted by molar-refractivity contribution is 7.89. The van der Waals surface area contributed by atoms with Crippen molar-refractivity contribution in [3.05, 3.63) is 12.3 Å². The number of hydrogen-bond acceptors (Lipinski definition) is 5. The maximum Gasteiger partial charge on any atom is 0.260 e. The Morgan fingerprint density at radius 3 is 2.76 bits per heavy atom. The molecule has 2 N–H and O–H groups in total. The van der Waals surface area contributed by atoms with Crippen molar-refractivity contribution in [2.45, 2.75) is 17.2 Å². The van der Waals surface area contributed by atoms with Crippen LogP contribution in [0.2, 0.25) is 0 Å². The smallest absolute Gasteiger partial charge is 0.260 e. The molecule has 2 rings (SSSR count). The molecule has 0 aliphatic carbocycles. The molecule has 1 fully saturated rings. The molecule has 0 bridgehead atoms. The van der Waals surface area contributed by atoms with Gasteiger partial charge in [0.05, 0.1) is 18.3 Å². The number of aliphatic hydroxyl groups excluding tert-OH is 1. The summed E-state index contributed by atoms with van der Waals surface area (Å²) in [6.45, 7) is 0.866. The van der Waals surface area contributed by atoms with Crippen LogP contribution in [0.4, 0.5) is 0 Å². The minimum absolute atomic E-state index is 0.124. The first kappa shape index (κ1) is 12.5. The Hall–Kier alpha value is -0.960. The molecule has 96 valence electrons. The van der Waals surface area contributed by atoms with E-state index in [2.05, 4.69) is 10.4 Å². The summed E-state index contributed by atoms with van der Waals surface area (Å²) >= 11 is 0. The molecule has 2 atom stereocenters. The summed E-state index contributed by atoms with van der Waals surface area (Å²) < 4.78 is 27.1. The van der Waals surface area contributed by atoms with E-state index in [-0.39, 0.29) is 5.03 Å². The topological polar surface area (TPSA) is 87.5 Å². The lowest BCUT2D eigenvalue weighted by atomic mass is 10.2. The van der Waals surface area contributed by atoms with Crippen molar-refractivity contribution in [3.63, 3.8) is 0 Å². The molecule has 17 heavy (non-hydrogen) atoms. The van der Waals surface area contributed by atoms with Crippen molar-refractivity contribution < 1.29 is 13.5 Å². The number of sulfonamides is 1. The van der Waals surface area contributed by atoms with Gasteiger partial charge in [-0.2, -0.15) is 9.40 Å². The molecule has 2 heterocycles. The molecular formula is C9H16N4O3S. The quantitative estimate of drug-likeness (QED) is 0.681. The minimum atomic E-state index is -3.61. The van der Waals surface area contributed by atoms with Crippen molar-refractivity contribution >= 4 is 10.0 Å². The summed E-state index contributed by atoms with van der Waals surface area (Å²) in [7, 11) is -0.560. The molecule has 7 nitrogen and oxygen atoms in total. The fourth-order valence-corrected chi connectivity index (χ4v) is 3.44. The van der Waals surface area contributed by atoms with Crippen LogP contribution in [0, 0.1) is 0 Å². The Morgan fingerprint density at radius 2 is 2.29 bits per heavy atom. The summed E-state index contributed by atoms with van der Waals surface area (Å²) in [5.74, 6) is 0. The van der Waals surface area contributed by atoms with E-state index in [0.29, 0.717) is 13.1 Å². The molecular weight excluding hydrogens is 244 g/mol. The van der Waals surface area contributed by atoms with Crippen molar-refractivity contribution in [1.82, 2.24) is 19.4 Å². The first-order valence-electron chi connectivity index (χ1n) is 5.29. The third-order valence-corrected chi connectivity index (χ3v) is 5.00. The van der Waals surface area contributed by atoms with Crippen LogP contribution in [0.1, 0.15) is 0 Å². The molecule has 0 spiro atoms. The fraction of sp³-hybridized carbons (Fsp3) is 0.667. The zero-order valence-corrected chi connectivity index (χ0v) is 10.6. The highest BCUT2D eigenvalue weighted by atomic mass is 32.2. The average Bonchev–Trinajstić information content (AvgIpc) is 2.86. The highest BCUT2D eigenvalue weighted by Gasteiger charge is 2.36. The van der Waals surface area contributed by atoms with Gasteiger partial charge in [-0.15, -0.1) is 0 Å². The zero-order valence-electron chi connectivity index (χ0n) is 9.74. The molecule has 1 saturated heterocycles. The second-order valence-corrected chi connectivity index (χ2v) is 6.05. The van der Waals surface area contributed by atoms with Crippen LogP contribution < -0.4 is 5.32 Å². The van der Waals surface area contributed by atoms with Gasteiger partial charge in [0.1, 0.15) is 0 Å². The van der Waals surface area contributed by atoms with E-state index in [1.807, 2.05) is 0 Å². The Labute approximate surface area is 100 Å². The standard InChI is InChI=1S/C9H16N4O3S/c1-12-9(3-4-11-12)17(15,16)13(2)7-5-10-6-8(7)14/h3-4,7-8,10,14H,5-6H2,1-2H3/t7-,8-/m0/s1. The van der Waals surface area contributed by atoms with Crippen LogP contribution >= 0.6 is 0 Å². The SMILES string of the molecule is CN([C@H]1CNC[C@@H]1O)S(=O)(=O)c1ccnn1C. The van der Waals surface area contributed by atoms with Crippen molar-refractivity contribution in [2.24, 2.45) is 7.05 Å². The minimum Gasteiger partial charge on any atom is -0.390 e. The maximum absolute atomic E-state index is 12.3. The molecule has 0 aromatic carbocycles. The molecule has 1 aliphatic heterocycles. The number of hydrogen-bond donors (Lipinski definition) is 2. The molecule has 1 aromatic rings. The number of aliphatic hydroxyl groups is 1. The second-order valence-electron chi connectivity index (χ2n) is 4.11. The lowest BCUT2D eigenvalue weighted by Gasteiger charge is -2.25. The summed E-state index contributed by atoms with van der Waals surface area (Å²) in [5, 5.41) is 16.6. The van der Waals surface area contributed by atoms with E-state index in [1.54, 1.807) is 7.05 Å². The van der Waals surface area contributed by atoms with Crippen molar-refractivity contribution in [1.29, 1.82) is 0 Å². The number of β-amino-alcohol motifs (C(OH)–C–C–N with tert-alkyl or cyclic N) is 1. The van der Waals surface area contributed by atoms with Crippen molar-refractivity contribution in [2.75, 3.05) is 20.1 Å². The van der Waals surface area contributed by atoms with E-state index in [9.17, 15) is 13.5 Å². The molecule has 0 saturated carbocycles. The lowest BCUT2D eigenvalue weighted by molar-refractivity contribution is 0.136. The van der Waals surface area contributed by atoms with E-state index in [1.165, 1.54) is 28.3 Å². The number of likely N-dealkylation sites (N-methyl/N-ethyl adjacent to an activating group) is 1. The molecule has 1 aliphatic rings. The Balaban J connectivity index is 2.30. The van der Waals surface area contributed by atoms with Crippen LogP contribution in [0.25, 0.3) is 0 Å². The highest BCUT2D eigenvalue weighted by Crippen LogP contribution is 2.18. The van der Waals surface area contributed by atoms with Gasteiger partial charge >= 0.3 is 0 Å². The van der Waals surface area contributed by atoms with Gasteiger partial charge in [0, 0.05) is 27.2 Å². The van der Waals surface area contributed by atoms with Crippen LogP contribution in [-0.4, -0.2) is 59.9 Å². The number of nitrogens with one attached hydrogen (secondary N) is 1. The van der Waals surface area contributed by atoms with Crippen LogP contribution in [0.15, 0.2) is 17.3 Å². The van der Waals surface area contributed by atoms with Gasteiger partial charge in [-0.25, -0.2) is 8.42 Å². The van der Waals surface area contributed by atoms with Crippen LogP contribution in [-0.2, 0) is 17.1 Å². The Bertz CT molecular complexity index is 498. The zero-order chi connectivity index (χ0) is 12.6. The summed E-state index contributed by atoms with van der Waals surface area (Å²) in [6, 6.07) is 1.01. The Kier molecular flexibility index (Phi) is 3.21. The molecule has 8 heteroatoms. The van der Waals surface area contributed by atoms with Gasteiger partial charge < -0.3 is 10.4 Å². The van der Waals surface area contributed by atoms with E-state index >= 15 is 0 Å². The van der Waals surface area contributed by atoms with Crippen LogP contribution in [0.3, 0.4) is 0 Å². The average molecular weight is 260 g/mol. The summed E-state index contributed by atoms with van der Waals surface area (Å²) in [5.41, 5.74) is 0. The third kappa shape index (κ3) is 2.08. The number of aryl methyl sites for hydroxylation is 1. The van der Waals surface area contributed by atoms with Gasteiger partial charge in [0.2, 0.25) is 0 Å². The number of aromatic nitrogens is 2. The predicted octanol–water partition coefficient (Wildman–Crippen LogP) is -1.63. The van der Waals surface area contributed by atoms with Crippen molar-refractivity contribution in [3.8, 4) is 0 Å².